The molecule has 1 atom stereocenters. The Hall–Kier alpha value is -2.24. The minimum atomic E-state index is -0.671. The molecule has 1 aromatic carbocycles. The fraction of sp³-hybridized carbons (Fsp3) is 0.467. The van der Waals surface area contributed by atoms with Crippen LogP contribution in [-0.4, -0.2) is 31.8 Å². The summed E-state index contributed by atoms with van der Waals surface area (Å²) in [6.07, 6.45) is -0.600. The van der Waals surface area contributed by atoms with Crippen molar-refractivity contribution in [2.75, 3.05) is 19.0 Å². The third-order valence-electron chi connectivity index (χ3n) is 2.84. The first-order valence-corrected chi connectivity index (χ1v) is 6.86. The summed E-state index contributed by atoms with van der Waals surface area (Å²) >= 11 is 0. The number of nitrogens with one attached hydrogen (secondary N) is 2. The van der Waals surface area contributed by atoms with Crippen molar-refractivity contribution in [1.82, 2.24) is 5.32 Å². The van der Waals surface area contributed by atoms with E-state index >= 15 is 0 Å². The summed E-state index contributed by atoms with van der Waals surface area (Å²) in [4.78, 5) is 23.8. The van der Waals surface area contributed by atoms with E-state index in [9.17, 15) is 9.59 Å². The highest BCUT2D eigenvalue weighted by atomic mass is 16.5. The summed E-state index contributed by atoms with van der Waals surface area (Å²) < 4.78 is 9.91. The van der Waals surface area contributed by atoms with Crippen molar-refractivity contribution in [2.45, 2.75) is 26.8 Å². The first kappa shape index (κ1) is 16.8. The van der Waals surface area contributed by atoms with E-state index in [1.807, 2.05) is 13.8 Å². The van der Waals surface area contributed by atoms with Gasteiger partial charge in [-0.1, -0.05) is 19.9 Å². The molecule has 0 unspecified atom stereocenters. The van der Waals surface area contributed by atoms with Crippen molar-refractivity contribution >= 4 is 17.7 Å². The Bertz CT molecular complexity index is 488. The lowest BCUT2D eigenvalue weighted by Crippen LogP contribution is -2.47. The van der Waals surface area contributed by atoms with Gasteiger partial charge in [0.2, 0.25) is 5.91 Å². The van der Waals surface area contributed by atoms with Crippen LogP contribution in [0.1, 0.15) is 20.8 Å². The van der Waals surface area contributed by atoms with Gasteiger partial charge >= 0.3 is 6.09 Å². The molecular weight excluding hydrogens is 272 g/mol. The van der Waals surface area contributed by atoms with Crippen molar-refractivity contribution in [3.63, 3.8) is 0 Å². The highest BCUT2D eigenvalue weighted by Crippen LogP contribution is 2.17. The summed E-state index contributed by atoms with van der Waals surface area (Å²) in [6, 6.07) is 6.35. The number of carbonyl (C=O) groups is 2. The third-order valence-corrected chi connectivity index (χ3v) is 2.84. The molecule has 1 aromatic rings. The molecule has 0 spiro atoms. The first-order valence-electron chi connectivity index (χ1n) is 6.86. The zero-order valence-electron chi connectivity index (χ0n) is 12.8. The van der Waals surface area contributed by atoms with Crippen LogP contribution >= 0.6 is 0 Å². The molecule has 0 bridgehead atoms. The van der Waals surface area contributed by atoms with Gasteiger partial charge in [-0.25, -0.2) is 4.79 Å². The Morgan fingerprint density at radius 3 is 2.57 bits per heavy atom. The Morgan fingerprint density at radius 1 is 1.29 bits per heavy atom. The molecule has 0 fully saturated rings. The molecule has 6 nitrogen and oxygen atoms in total. The molecule has 0 radical (unpaired) electrons. The SMILES string of the molecule is CCOC(=O)N[C@@H](C(=O)Nc1cccc(OC)c1)C(C)C. The molecule has 21 heavy (non-hydrogen) atoms. The zero-order valence-corrected chi connectivity index (χ0v) is 12.8. The molecule has 6 heteroatoms. The second-order valence-electron chi connectivity index (χ2n) is 4.81. The smallest absolute Gasteiger partial charge is 0.407 e. The van der Waals surface area contributed by atoms with Crippen LogP contribution in [0.5, 0.6) is 5.75 Å². The predicted octanol–water partition coefficient (Wildman–Crippen LogP) is 2.40. The van der Waals surface area contributed by atoms with Gasteiger partial charge in [0.05, 0.1) is 13.7 Å². The number of alkyl carbamates (subject to hydrolysis) is 1. The Labute approximate surface area is 124 Å². The van der Waals surface area contributed by atoms with Crippen molar-refractivity contribution in [2.24, 2.45) is 5.92 Å². The first-order chi connectivity index (χ1) is 9.97. The summed E-state index contributed by atoms with van der Waals surface area (Å²) in [5.41, 5.74) is 0.607. The quantitative estimate of drug-likeness (QED) is 0.844. The van der Waals surface area contributed by atoms with Crippen LogP contribution < -0.4 is 15.4 Å². The molecule has 116 valence electrons. The molecule has 0 aliphatic heterocycles. The van der Waals surface area contributed by atoms with E-state index in [1.54, 1.807) is 38.3 Å². The van der Waals surface area contributed by atoms with Gasteiger partial charge in [0, 0.05) is 11.8 Å². The van der Waals surface area contributed by atoms with Crippen LogP contribution in [0.2, 0.25) is 0 Å². The molecule has 2 amide bonds. The van der Waals surface area contributed by atoms with E-state index in [1.165, 1.54) is 0 Å². The topological polar surface area (TPSA) is 76.7 Å². The van der Waals surface area contributed by atoms with Gasteiger partial charge in [-0.3, -0.25) is 4.79 Å². The molecule has 2 N–H and O–H groups in total. The van der Waals surface area contributed by atoms with Crippen molar-refractivity contribution in [1.29, 1.82) is 0 Å². The molecule has 0 saturated carbocycles. The summed E-state index contributed by atoms with van der Waals surface area (Å²) in [5, 5.41) is 5.32. The second-order valence-corrected chi connectivity index (χ2v) is 4.81. The lowest BCUT2D eigenvalue weighted by atomic mass is 10.0. The number of benzene rings is 1. The standard InChI is InChI=1S/C15H22N2O4/c1-5-21-15(19)17-13(10(2)3)14(18)16-11-7-6-8-12(9-11)20-4/h6-10,13H,5H2,1-4H3,(H,16,18)(H,17,19)/t13-/m1/s1. The van der Waals surface area contributed by atoms with E-state index in [0.717, 1.165) is 0 Å². The highest BCUT2D eigenvalue weighted by Gasteiger charge is 2.24. The Balaban J connectivity index is 2.74. The molecule has 0 aliphatic rings. The maximum Gasteiger partial charge on any atom is 0.407 e. The average molecular weight is 294 g/mol. The van der Waals surface area contributed by atoms with Crippen LogP contribution in [0, 0.1) is 5.92 Å². The van der Waals surface area contributed by atoms with Crippen molar-refractivity contribution < 1.29 is 19.1 Å². The lowest BCUT2D eigenvalue weighted by molar-refractivity contribution is -0.119. The third kappa shape index (κ3) is 5.33. The fourth-order valence-electron chi connectivity index (χ4n) is 1.76. The Morgan fingerprint density at radius 2 is 2.00 bits per heavy atom. The van der Waals surface area contributed by atoms with Gasteiger partial charge in [0.1, 0.15) is 11.8 Å². The number of hydrogen-bond acceptors (Lipinski definition) is 4. The lowest BCUT2D eigenvalue weighted by Gasteiger charge is -2.21. The maximum atomic E-state index is 12.3. The minimum Gasteiger partial charge on any atom is -0.497 e. The van der Waals surface area contributed by atoms with Gasteiger partial charge in [0.25, 0.3) is 0 Å². The van der Waals surface area contributed by atoms with E-state index in [2.05, 4.69) is 10.6 Å². The normalized spacial score (nSPS) is 11.7. The van der Waals surface area contributed by atoms with Crippen LogP contribution in [-0.2, 0) is 9.53 Å². The number of ether oxygens (including phenoxy) is 2. The molecule has 0 heterocycles. The molecule has 0 aromatic heterocycles. The van der Waals surface area contributed by atoms with Gasteiger partial charge in [-0.05, 0) is 25.0 Å². The Kier molecular flexibility index (Phi) is 6.52. The molecule has 0 saturated heterocycles. The van der Waals surface area contributed by atoms with Gasteiger partial charge < -0.3 is 20.1 Å². The zero-order chi connectivity index (χ0) is 15.8. The molecule has 0 aliphatic carbocycles. The van der Waals surface area contributed by atoms with Crippen molar-refractivity contribution in [3.05, 3.63) is 24.3 Å². The largest absolute Gasteiger partial charge is 0.497 e. The van der Waals surface area contributed by atoms with Crippen LogP contribution in [0.15, 0.2) is 24.3 Å². The van der Waals surface area contributed by atoms with E-state index in [-0.39, 0.29) is 18.4 Å². The molecular formula is C15H22N2O4. The fourth-order valence-corrected chi connectivity index (χ4v) is 1.76. The number of carbonyl (C=O) groups excluding carboxylic acids is 2. The van der Waals surface area contributed by atoms with E-state index in [4.69, 9.17) is 9.47 Å². The number of rotatable bonds is 6. The van der Waals surface area contributed by atoms with Gasteiger partial charge in [-0.2, -0.15) is 0 Å². The summed E-state index contributed by atoms with van der Waals surface area (Å²) in [7, 11) is 1.56. The minimum absolute atomic E-state index is 0.0694. The number of amides is 2. The van der Waals surface area contributed by atoms with Crippen LogP contribution in [0.25, 0.3) is 0 Å². The van der Waals surface area contributed by atoms with Crippen LogP contribution in [0.3, 0.4) is 0 Å². The summed E-state index contributed by atoms with van der Waals surface area (Å²) in [5.74, 6) is 0.276. The van der Waals surface area contributed by atoms with Gasteiger partial charge in [-0.15, -0.1) is 0 Å². The summed E-state index contributed by atoms with van der Waals surface area (Å²) in [6.45, 7) is 5.67. The second kappa shape index (κ2) is 8.14. The highest BCUT2D eigenvalue weighted by molar-refractivity contribution is 5.96. The predicted molar refractivity (Wildman–Crippen MR) is 80.4 cm³/mol. The molecule has 1 rings (SSSR count). The monoisotopic (exact) mass is 294 g/mol. The number of methoxy groups -OCH3 is 1. The van der Waals surface area contributed by atoms with Gasteiger partial charge in [0.15, 0.2) is 0 Å². The number of anilines is 1. The maximum absolute atomic E-state index is 12.3. The van der Waals surface area contributed by atoms with E-state index < -0.39 is 12.1 Å². The number of hydrogen-bond donors (Lipinski definition) is 2. The van der Waals surface area contributed by atoms with Crippen LogP contribution in [0.4, 0.5) is 10.5 Å². The van der Waals surface area contributed by atoms with E-state index in [0.29, 0.717) is 11.4 Å². The van der Waals surface area contributed by atoms with Crippen molar-refractivity contribution in [3.8, 4) is 5.75 Å². The average Bonchev–Trinajstić information content (AvgIpc) is 2.44.